The van der Waals surface area contributed by atoms with Gasteiger partial charge in [0.15, 0.2) is 15.0 Å². The van der Waals surface area contributed by atoms with Crippen molar-refractivity contribution >= 4 is 32.5 Å². The van der Waals surface area contributed by atoms with E-state index >= 15 is 0 Å². The van der Waals surface area contributed by atoms with Crippen molar-refractivity contribution in [3.8, 4) is 0 Å². The Kier molecular flexibility index (Phi) is 4.76. The van der Waals surface area contributed by atoms with E-state index in [1.165, 1.54) is 23.3 Å². The summed E-state index contributed by atoms with van der Waals surface area (Å²) < 4.78 is 37.4. The van der Waals surface area contributed by atoms with Crippen LogP contribution in [0.2, 0.25) is 0 Å². The van der Waals surface area contributed by atoms with Gasteiger partial charge in [-0.2, -0.15) is 0 Å². The Balaban J connectivity index is 1.63. The van der Waals surface area contributed by atoms with Crippen molar-refractivity contribution in [3.05, 3.63) is 65.0 Å². The van der Waals surface area contributed by atoms with E-state index in [1.807, 2.05) is 6.07 Å². The van der Waals surface area contributed by atoms with Crippen LogP contribution in [0.15, 0.2) is 47.5 Å². The highest BCUT2D eigenvalue weighted by atomic mass is 32.2. The quantitative estimate of drug-likeness (QED) is 0.782. The number of hydrogen-bond donors (Lipinski definition) is 0. The first-order valence-electron chi connectivity index (χ1n) is 8.84. The fourth-order valence-corrected chi connectivity index (χ4v) is 6.46. The molecule has 0 bridgehead atoms. The number of sulfone groups is 1. The van der Waals surface area contributed by atoms with Crippen molar-refractivity contribution in [1.82, 2.24) is 0 Å². The van der Waals surface area contributed by atoms with Crippen LogP contribution in [-0.2, 0) is 15.6 Å². The molecule has 1 fully saturated rings. The van der Waals surface area contributed by atoms with Gasteiger partial charge in [0.2, 0.25) is 0 Å². The molecule has 0 amide bonds. The number of aliphatic imine (C=N–C) groups is 1. The molecule has 0 spiro atoms. The Hall–Kier alpha value is -1.86. The monoisotopic (exact) mass is 404 g/mol. The third-order valence-corrected chi connectivity index (χ3v) is 7.89. The van der Waals surface area contributed by atoms with Crippen LogP contribution in [0.3, 0.4) is 0 Å². The topological polar surface area (TPSA) is 49.7 Å². The summed E-state index contributed by atoms with van der Waals surface area (Å²) in [6.45, 7) is 4.12. The summed E-state index contributed by atoms with van der Waals surface area (Å²) in [5, 5.41) is 0.840. The van der Waals surface area contributed by atoms with Gasteiger partial charge < -0.3 is 4.90 Å². The van der Waals surface area contributed by atoms with E-state index < -0.39 is 9.84 Å². The Bertz CT molecular complexity index is 1000. The number of nitrogens with zero attached hydrogens (tertiary/aromatic N) is 2. The van der Waals surface area contributed by atoms with Crippen LogP contribution in [0.1, 0.15) is 16.7 Å². The molecule has 2 aromatic carbocycles. The number of thioether (sulfide) groups is 1. The Morgan fingerprint density at radius 1 is 1.11 bits per heavy atom. The minimum absolute atomic E-state index is 0.111. The average molecular weight is 405 g/mol. The molecule has 142 valence electrons. The molecule has 0 aliphatic carbocycles. The van der Waals surface area contributed by atoms with Crippen molar-refractivity contribution in [2.75, 3.05) is 16.4 Å². The van der Waals surface area contributed by atoms with Gasteiger partial charge >= 0.3 is 0 Å². The maximum Gasteiger partial charge on any atom is 0.164 e. The van der Waals surface area contributed by atoms with Crippen molar-refractivity contribution < 1.29 is 12.8 Å². The number of rotatable bonds is 3. The van der Waals surface area contributed by atoms with Gasteiger partial charge in [0, 0.05) is 11.4 Å². The predicted molar refractivity (Wildman–Crippen MR) is 110 cm³/mol. The SMILES string of the molecule is Cc1ccc(N2C(SCc3ccc(F)cc3)=N[C@@H]3CS(=O)(=O)C[C@@H]32)cc1C. The van der Waals surface area contributed by atoms with Gasteiger partial charge in [-0.15, -0.1) is 0 Å². The zero-order valence-corrected chi connectivity index (χ0v) is 16.9. The van der Waals surface area contributed by atoms with E-state index in [0.717, 1.165) is 16.4 Å². The molecular formula is C20H21FN2O2S2. The predicted octanol–water partition coefficient (Wildman–Crippen LogP) is 3.72. The molecule has 0 saturated carbocycles. The second-order valence-electron chi connectivity index (χ2n) is 7.18. The molecule has 2 atom stereocenters. The van der Waals surface area contributed by atoms with Crippen molar-refractivity contribution in [1.29, 1.82) is 0 Å². The molecule has 0 aromatic heterocycles. The number of anilines is 1. The smallest absolute Gasteiger partial charge is 0.164 e. The molecule has 2 aliphatic rings. The van der Waals surface area contributed by atoms with E-state index in [1.54, 1.807) is 23.9 Å². The number of benzene rings is 2. The van der Waals surface area contributed by atoms with Gasteiger partial charge in [0.1, 0.15) is 5.82 Å². The summed E-state index contributed by atoms with van der Waals surface area (Å²) in [6.07, 6.45) is 0. The molecule has 2 aromatic rings. The average Bonchev–Trinajstić information content (AvgIpc) is 3.08. The van der Waals surface area contributed by atoms with Crippen LogP contribution >= 0.6 is 11.8 Å². The second kappa shape index (κ2) is 6.95. The summed E-state index contributed by atoms with van der Waals surface area (Å²) >= 11 is 1.57. The van der Waals surface area contributed by atoms with E-state index in [9.17, 15) is 12.8 Å². The fourth-order valence-electron chi connectivity index (χ4n) is 3.54. The van der Waals surface area contributed by atoms with Gasteiger partial charge in [0.25, 0.3) is 0 Å². The van der Waals surface area contributed by atoms with E-state index in [2.05, 4.69) is 30.9 Å². The third-order valence-electron chi connectivity index (χ3n) is 5.16. The van der Waals surface area contributed by atoms with Crippen LogP contribution < -0.4 is 4.90 Å². The summed E-state index contributed by atoms with van der Waals surface area (Å²) in [5.41, 5.74) is 4.35. The maximum absolute atomic E-state index is 13.1. The summed E-state index contributed by atoms with van der Waals surface area (Å²) in [5.74, 6) is 0.652. The van der Waals surface area contributed by atoms with E-state index in [4.69, 9.17) is 4.99 Å². The molecule has 4 rings (SSSR count). The van der Waals surface area contributed by atoms with E-state index in [0.29, 0.717) is 5.75 Å². The molecule has 0 radical (unpaired) electrons. The first-order chi connectivity index (χ1) is 12.8. The van der Waals surface area contributed by atoms with Gasteiger partial charge in [-0.3, -0.25) is 4.99 Å². The zero-order valence-electron chi connectivity index (χ0n) is 15.2. The highest BCUT2D eigenvalue weighted by Gasteiger charge is 2.47. The van der Waals surface area contributed by atoms with Crippen molar-refractivity contribution in [2.24, 2.45) is 4.99 Å². The number of aryl methyl sites for hydroxylation is 2. The highest BCUT2D eigenvalue weighted by molar-refractivity contribution is 8.13. The molecule has 0 unspecified atom stereocenters. The Labute approximate surface area is 163 Å². The van der Waals surface area contributed by atoms with Crippen LogP contribution in [0, 0.1) is 19.7 Å². The van der Waals surface area contributed by atoms with Crippen molar-refractivity contribution in [3.63, 3.8) is 0 Å². The van der Waals surface area contributed by atoms with Gasteiger partial charge in [-0.1, -0.05) is 30.0 Å². The largest absolute Gasteiger partial charge is 0.315 e. The summed E-state index contributed by atoms with van der Waals surface area (Å²) in [4.78, 5) is 6.82. The van der Waals surface area contributed by atoms with Crippen LogP contribution in [-0.4, -0.2) is 37.2 Å². The molecule has 0 N–H and O–H groups in total. The minimum Gasteiger partial charge on any atom is -0.315 e. The third kappa shape index (κ3) is 3.75. The van der Waals surface area contributed by atoms with Crippen LogP contribution in [0.25, 0.3) is 0 Å². The maximum atomic E-state index is 13.1. The standard InChI is InChI=1S/C20H21FN2O2S2/c1-13-3-8-17(9-14(13)2)23-19-12-27(24,25)11-18(19)22-20(23)26-10-15-4-6-16(21)7-5-15/h3-9,18-19H,10-12H2,1-2H3/t18-,19+/m1/s1. The summed E-state index contributed by atoms with van der Waals surface area (Å²) in [7, 11) is -3.06. The Morgan fingerprint density at radius 2 is 1.85 bits per heavy atom. The van der Waals surface area contributed by atoms with Gasteiger partial charge in [-0.25, -0.2) is 12.8 Å². The first-order valence-corrected chi connectivity index (χ1v) is 11.6. The molecule has 7 heteroatoms. The van der Waals surface area contributed by atoms with Crippen LogP contribution in [0.5, 0.6) is 0 Å². The molecule has 4 nitrogen and oxygen atoms in total. The molecular weight excluding hydrogens is 383 g/mol. The van der Waals surface area contributed by atoms with Crippen molar-refractivity contribution in [2.45, 2.75) is 31.7 Å². The molecule has 27 heavy (non-hydrogen) atoms. The number of amidine groups is 1. The number of halogens is 1. The number of fused-ring (bicyclic) bond motifs is 1. The van der Waals surface area contributed by atoms with E-state index in [-0.39, 0.29) is 29.4 Å². The minimum atomic E-state index is -3.06. The lowest BCUT2D eigenvalue weighted by molar-refractivity contribution is 0.601. The zero-order chi connectivity index (χ0) is 19.2. The molecule has 1 saturated heterocycles. The first kappa shape index (κ1) is 18.5. The molecule has 2 aliphatic heterocycles. The Morgan fingerprint density at radius 3 is 2.56 bits per heavy atom. The normalized spacial score (nSPS) is 23.4. The number of hydrogen-bond acceptors (Lipinski definition) is 5. The highest BCUT2D eigenvalue weighted by Crippen LogP contribution is 2.36. The second-order valence-corrected chi connectivity index (χ2v) is 10.3. The van der Waals surface area contributed by atoms with Crippen LogP contribution in [0.4, 0.5) is 10.1 Å². The lowest BCUT2D eigenvalue weighted by Gasteiger charge is -2.27. The van der Waals surface area contributed by atoms with Gasteiger partial charge in [0.05, 0.1) is 23.6 Å². The lowest BCUT2D eigenvalue weighted by atomic mass is 10.1. The molecule has 2 heterocycles. The fraction of sp³-hybridized carbons (Fsp3) is 0.350. The summed E-state index contributed by atoms with van der Waals surface area (Å²) in [6, 6.07) is 12.3. The van der Waals surface area contributed by atoms with Gasteiger partial charge in [-0.05, 0) is 54.8 Å². The lowest BCUT2D eigenvalue weighted by Crippen LogP contribution is -2.39.